The van der Waals surface area contributed by atoms with Crippen molar-refractivity contribution in [3.8, 4) is 0 Å². The molecule has 0 spiro atoms. The molecule has 100 valence electrons. The maximum Gasteiger partial charge on any atom is 0.346 e. The molecular formula is C11H20O6. The lowest BCUT2D eigenvalue weighted by atomic mass is 10.2. The van der Waals surface area contributed by atoms with Crippen molar-refractivity contribution in [1.29, 1.82) is 0 Å². The Hall–Kier alpha value is -1.56. The number of carbonyl (C=O) groups is 2. The van der Waals surface area contributed by atoms with E-state index in [0.717, 1.165) is 7.11 Å². The fourth-order valence-electron chi connectivity index (χ4n) is 0.975. The molecule has 0 aromatic rings. The largest absolute Gasteiger partial charge is 0.494 e. The van der Waals surface area contributed by atoms with Gasteiger partial charge in [-0.05, 0) is 13.3 Å². The minimum Gasteiger partial charge on any atom is -0.494 e. The number of hydrogen-bond donors (Lipinski definition) is 3. The average Bonchev–Trinajstić information content (AvgIpc) is 2.29. The number of aliphatic hydroxyl groups excluding tert-OH is 1. The lowest BCUT2D eigenvalue weighted by Crippen LogP contribution is -2.18. The second kappa shape index (κ2) is 9.65. The van der Waals surface area contributed by atoms with Crippen LogP contribution in [-0.4, -0.2) is 40.5 Å². The summed E-state index contributed by atoms with van der Waals surface area (Å²) in [5, 5.41) is 24.4. The number of allylic oxidation sites excluding steroid dienone is 1. The van der Waals surface area contributed by atoms with Gasteiger partial charge in [0.1, 0.15) is 5.76 Å². The monoisotopic (exact) mass is 248 g/mol. The van der Waals surface area contributed by atoms with Gasteiger partial charge in [-0.25, -0.2) is 9.59 Å². The van der Waals surface area contributed by atoms with Crippen molar-refractivity contribution in [2.24, 2.45) is 0 Å². The number of carboxylic acids is 2. The van der Waals surface area contributed by atoms with E-state index >= 15 is 0 Å². The van der Waals surface area contributed by atoms with Crippen LogP contribution >= 0.6 is 0 Å². The molecule has 1 unspecified atom stereocenters. The normalized spacial score (nSPS) is 10.6. The number of hydrogen-bond acceptors (Lipinski definition) is 4. The number of ether oxygens (including phenoxy) is 1. The van der Waals surface area contributed by atoms with Gasteiger partial charge in [0.2, 0.25) is 0 Å². The molecule has 0 heterocycles. The van der Waals surface area contributed by atoms with E-state index in [9.17, 15) is 9.59 Å². The third-order valence-electron chi connectivity index (χ3n) is 1.95. The molecule has 0 fully saturated rings. The highest BCUT2D eigenvalue weighted by Gasteiger charge is 2.23. The molecule has 0 aromatic carbocycles. The van der Waals surface area contributed by atoms with E-state index in [0.29, 0.717) is 6.42 Å². The molecule has 0 aliphatic rings. The van der Waals surface area contributed by atoms with E-state index in [2.05, 4.69) is 0 Å². The second-order valence-electron chi connectivity index (χ2n) is 3.10. The maximum atomic E-state index is 10.7. The smallest absolute Gasteiger partial charge is 0.346 e. The van der Waals surface area contributed by atoms with Gasteiger partial charge in [0.05, 0.1) is 6.10 Å². The highest BCUT2D eigenvalue weighted by atomic mass is 16.5. The Bertz CT molecular complexity index is 266. The van der Waals surface area contributed by atoms with Crippen LogP contribution in [0.2, 0.25) is 0 Å². The Morgan fingerprint density at radius 1 is 1.12 bits per heavy atom. The second-order valence-corrected chi connectivity index (χ2v) is 3.10. The van der Waals surface area contributed by atoms with Crippen molar-refractivity contribution in [1.82, 2.24) is 0 Å². The summed E-state index contributed by atoms with van der Waals surface area (Å²) in [5.41, 5.74) is -0.683. The number of rotatable bonds is 6. The molecule has 6 heteroatoms. The molecule has 0 aliphatic heterocycles. The summed E-state index contributed by atoms with van der Waals surface area (Å²) in [5.74, 6) is -2.92. The molecule has 0 bridgehead atoms. The Morgan fingerprint density at radius 3 is 1.76 bits per heavy atom. The van der Waals surface area contributed by atoms with Crippen LogP contribution in [0, 0.1) is 0 Å². The zero-order valence-electron chi connectivity index (χ0n) is 10.6. The van der Waals surface area contributed by atoms with Gasteiger partial charge in [-0.3, -0.25) is 0 Å². The fourth-order valence-corrected chi connectivity index (χ4v) is 0.975. The highest BCUT2D eigenvalue weighted by Crippen LogP contribution is 2.15. The summed E-state index contributed by atoms with van der Waals surface area (Å²) in [6.07, 6.45) is 0.752. The Balaban J connectivity index is 0. The van der Waals surface area contributed by atoms with Crippen LogP contribution in [0.15, 0.2) is 11.3 Å². The molecule has 1 atom stereocenters. The first-order valence-electron chi connectivity index (χ1n) is 5.25. The first-order chi connectivity index (χ1) is 7.93. The van der Waals surface area contributed by atoms with Crippen LogP contribution in [0.5, 0.6) is 0 Å². The van der Waals surface area contributed by atoms with Crippen molar-refractivity contribution < 1.29 is 29.6 Å². The van der Waals surface area contributed by atoms with Gasteiger partial charge in [0, 0.05) is 13.5 Å². The molecule has 0 aromatic heterocycles. The summed E-state index contributed by atoms with van der Waals surface area (Å²) in [4.78, 5) is 21.4. The lowest BCUT2D eigenvalue weighted by molar-refractivity contribution is -0.140. The van der Waals surface area contributed by atoms with Crippen LogP contribution < -0.4 is 0 Å². The summed E-state index contributed by atoms with van der Waals surface area (Å²) < 4.78 is 5.25. The van der Waals surface area contributed by atoms with Crippen LogP contribution in [0.4, 0.5) is 0 Å². The van der Waals surface area contributed by atoms with E-state index in [4.69, 9.17) is 20.1 Å². The zero-order chi connectivity index (χ0) is 14.0. The average molecular weight is 248 g/mol. The molecule has 0 amide bonds. The molecule has 17 heavy (non-hydrogen) atoms. The van der Waals surface area contributed by atoms with E-state index in [1.54, 1.807) is 13.8 Å². The van der Waals surface area contributed by atoms with Gasteiger partial charge in [-0.15, -0.1) is 0 Å². The van der Waals surface area contributed by atoms with Crippen molar-refractivity contribution >= 4 is 11.9 Å². The van der Waals surface area contributed by atoms with Crippen molar-refractivity contribution in [3.05, 3.63) is 11.3 Å². The first-order valence-corrected chi connectivity index (χ1v) is 5.25. The zero-order valence-corrected chi connectivity index (χ0v) is 10.6. The summed E-state index contributed by atoms with van der Waals surface area (Å²) >= 11 is 0. The third kappa shape index (κ3) is 6.57. The quantitative estimate of drug-likeness (QED) is 0.283. The minimum atomic E-state index is -1.47. The standard InChI is InChI=1S/C10H16O5.CH4O/c1-4-6(3)15-7(5-2)8(9(11)12)10(13)14;1-2/h6H,4-5H2,1-3H3,(H,11,12)(H,13,14);2H,1H3. The van der Waals surface area contributed by atoms with Gasteiger partial charge in [-0.2, -0.15) is 0 Å². The van der Waals surface area contributed by atoms with E-state index in [-0.39, 0.29) is 18.3 Å². The molecule has 0 saturated heterocycles. The number of aliphatic carboxylic acids is 2. The molecule has 6 nitrogen and oxygen atoms in total. The minimum absolute atomic E-state index is 0.0179. The molecule has 0 saturated carbocycles. The van der Waals surface area contributed by atoms with Crippen molar-refractivity contribution in [2.45, 2.75) is 39.7 Å². The number of aliphatic hydroxyl groups is 1. The van der Waals surface area contributed by atoms with Gasteiger partial charge in [0.25, 0.3) is 0 Å². The van der Waals surface area contributed by atoms with Crippen molar-refractivity contribution in [3.63, 3.8) is 0 Å². The molecular weight excluding hydrogens is 228 g/mol. The lowest BCUT2D eigenvalue weighted by Gasteiger charge is -2.15. The fraction of sp³-hybridized carbons (Fsp3) is 0.636. The first kappa shape index (κ1) is 17.8. The predicted molar refractivity (Wildman–Crippen MR) is 61.6 cm³/mol. The summed E-state index contributed by atoms with van der Waals surface area (Å²) in [6.45, 7) is 5.29. The van der Waals surface area contributed by atoms with Crippen LogP contribution in [-0.2, 0) is 14.3 Å². The molecule has 0 radical (unpaired) electrons. The molecule has 0 aliphatic carbocycles. The Labute approximate surface area is 101 Å². The van der Waals surface area contributed by atoms with E-state index in [1.165, 1.54) is 0 Å². The summed E-state index contributed by atoms with van der Waals surface area (Å²) in [6, 6.07) is 0. The van der Waals surface area contributed by atoms with Crippen LogP contribution in [0.3, 0.4) is 0 Å². The molecule has 0 rings (SSSR count). The maximum absolute atomic E-state index is 10.7. The summed E-state index contributed by atoms with van der Waals surface area (Å²) in [7, 11) is 1.00. The molecule has 3 N–H and O–H groups in total. The predicted octanol–water partition coefficient (Wildman–Crippen LogP) is 1.24. The van der Waals surface area contributed by atoms with Gasteiger partial charge < -0.3 is 20.1 Å². The van der Waals surface area contributed by atoms with Crippen LogP contribution in [0.1, 0.15) is 33.6 Å². The Morgan fingerprint density at radius 2 is 1.53 bits per heavy atom. The van der Waals surface area contributed by atoms with Gasteiger partial charge in [-0.1, -0.05) is 13.8 Å². The topological polar surface area (TPSA) is 104 Å². The highest BCUT2D eigenvalue weighted by molar-refractivity contribution is 6.12. The van der Waals surface area contributed by atoms with Gasteiger partial charge >= 0.3 is 11.9 Å². The van der Waals surface area contributed by atoms with Crippen LogP contribution in [0.25, 0.3) is 0 Å². The third-order valence-corrected chi connectivity index (χ3v) is 1.95. The number of carboxylic acid groups (broad SMARTS) is 2. The van der Waals surface area contributed by atoms with E-state index in [1.807, 2.05) is 6.92 Å². The van der Waals surface area contributed by atoms with Crippen molar-refractivity contribution in [2.75, 3.05) is 7.11 Å². The Kier molecular flexibility index (Phi) is 10.1. The van der Waals surface area contributed by atoms with E-state index < -0.39 is 17.5 Å². The SMILES string of the molecule is CCC(OC(C)CC)=C(C(=O)O)C(=O)O.CO. The van der Waals surface area contributed by atoms with Gasteiger partial charge in [0.15, 0.2) is 5.57 Å².